The molecule has 142 valence electrons. The Balaban J connectivity index is 1.65. The third-order valence-corrected chi connectivity index (χ3v) is 5.50. The van der Waals surface area contributed by atoms with Gasteiger partial charge in [-0.2, -0.15) is 0 Å². The highest BCUT2D eigenvalue weighted by Crippen LogP contribution is 2.31. The van der Waals surface area contributed by atoms with E-state index in [2.05, 4.69) is 9.97 Å². The summed E-state index contributed by atoms with van der Waals surface area (Å²) >= 11 is 1.33. The number of imidazole rings is 1. The van der Waals surface area contributed by atoms with Crippen molar-refractivity contribution < 1.29 is 9.18 Å². The first-order valence-electron chi connectivity index (χ1n) is 9.01. The van der Waals surface area contributed by atoms with Gasteiger partial charge in [-0.05, 0) is 37.6 Å². The average Bonchev–Trinajstić information content (AvgIpc) is 3.35. The zero-order valence-corrected chi connectivity index (χ0v) is 16.2. The van der Waals surface area contributed by atoms with Crippen LogP contribution in [-0.4, -0.2) is 27.0 Å². The highest BCUT2D eigenvalue weighted by molar-refractivity contribution is 7.22. The molecule has 2 heterocycles. The van der Waals surface area contributed by atoms with E-state index in [1.165, 1.54) is 17.4 Å². The molecule has 4 rings (SSSR count). The molecule has 0 N–H and O–H groups in total. The predicted molar refractivity (Wildman–Crippen MR) is 109 cm³/mol. The molecule has 0 saturated heterocycles. The van der Waals surface area contributed by atoms with Gasteiger partial charge in [0.05, 0.1) is 11.0 Å². The van der Waals surface area contributed by atoms with Crippen LogP contribution in [0.25, 0.3) is 10.2 Å². The number of aromatic nitrogens is 3. The highest BCUT2D eigenvalue weighted by atomic mass is 32.1. The number of carbonyl (C=O) groups excluding carboxylic acids is 1. The van der Waals surface area contributed by atoms with Crippen LogP contribution in [0.5, 0.6) is 0 Å². The van der Waals surface area contributed by atoms with Crippen molar-refractivity contribution in [3.63, 3.8) is 0 Å². The molecular formula is C21H19FN4OS. The number of hydrogen-bond donors (Lipinski definition) is 0. The van der Waals surface area contributed by atoms with Gasteiger partial charge in [0.2, 0.25) is 0 Å². The smallest absolute Gasteiger partial charge is 0.260 e. The van der Waals surface area contributed by atoms with E-state index in [4.69, 9.17) is 0 Å². The van der Waals surface area contributed by atoms with Gasteiger partial charge in [0.1, 0.15) is 11.3 Å². The molecule has 2 aromatic carbocycles. The summed E-state index contributed by atoms with van der Waals surface area (Å²) in [5.41, 5.74) is 1.92. The molecule has 0 radical (unpaired) electrons. The van der Waals surface area contributed by atoms with E-state index in [1.54, 1.807) is 29.6 Å². The third-order valence-electron chi connectivity index (χ3n) is 4.46. The molecule has 7 heteroatoms. The van der Waals surface area contributed by atoms with Gasteiger partial charge in [0, 0.05) is 31.0 Å². The zero-order valence-electron chi connectivity index (χ0n) is 15.4. The molecule has 0 spiro atoms. The molecule has 0 saturated carbocycles. The van der Waals surface area contributed by atoms with Gasteiger partial charge in [0.15, 0.2) is 5.13 Å². The summed E-state index contributed by atoms with van der Waals surface area (Å²) in [6, 6.07) is 12.3. The fourth-order valence-corrected chi connectivity index (χ4v) is 4.07. The van der Waals surface area contributed by atoms with Gasteiger partial charge in [-0.25, -0.2) is 14.4 Å². The number of benzene rings is 2. The van der Waals surface area contributed by atoms with Crippen molar-refractivity contribution in [1.82, 2.24) is 14.5 Å². The first-order chi connectivity index (χ1) is 13.6. The van der Waals surface area contributed by atoms with Crippen molar-refractivity contribution in [2.75, 3.05) is 11.4 Å². The summed E-state index contributed by atoms with van der Waals surface area (Å²) in [7, 11) is 0. The van der Waals surface area contributed by atoms with Crippen LogP contribution in [-0.2, 0) is 6.54 Å². The molecule has 5 nitrogen and oxygen atoms in total. The van der Waals surface area contributed by atoms with Gasteiger partial charge >= 0.3 is 0 Å². The predicted octanol–water partition coefficient (Wildman–Crippen LogP) is 4.68. The van der Waals surface area contributed by atoms with Crippen molar-refractivity contribution in [3.05, 3.63) is 78.1 Å². The lowest BCUT2D eigenvalue weighted by Gasteiger charge is -2.20. The molecule has 0 unspecified atom stereocenters. The first-order valence-corrected chi connectivity index (χ1v) is 9.83. The van der Waals surface area contributed by atoms with Crippen LogP contribution >= 0.6 is 11.3 Å². The molecule has 0 aliphatic heterocycles. The number of hydrogen-bond acceptors (Lipinski definition) is 4. The molecular weight excluding hydrogens is 375 g/mol. The van der Waals surface area contributed by atoms with E-state index < -0.39 is 0 Å². The Morgan fingerprint density at radius 3 is 2.86 bits per heavy atom. The maximum absolute atomic E-state index is 14.1. The van der Waals surface area contributed by atoms with Crippen LogP contribution in [0.1, 0.15) is 22.3 Å². The number of amides is 1. The van der Waals surface area contributed by atoms with Crippen LogP contribution < -0.4 is 4.90 Å². The van der Waals surface area contributed by atoms with Crippen molar-refractivity contribution in [1.29, 1.82) is 0 Å². The minimum Gasteiger partial charge on any atom is -0.337 e. The Hall–Kier alpha value is -3.06. The Morgan fingerprint density at radius 1 is 1.25 bits per heavy atom. The van der Waals surface area contributed by atoms with E-state index in [9.17, 15) is 9.18 Å². The van der Waals surface area contributed by atoms with Crippen LogP contribution in [0.3, 0.4) is 0 Å². The average molecular weight is 394 g/mol. The summed E-state index contributed by atoms with van der Waals surface area (Å²) in [4.78, 5) is 23.3. The molecule has 0 fully saturated rings. The maximum atomic E-state index is 14.1. The van der Waals surface area contributed by atoms with Crippen LogP contribution in [0.2, 0.25) is 0 Å². The van der Waals surface area contributed by atoms with E-state index in [0.29, 0.717) is 22.8 Å². The zero-order chi connectivity index (χ0) is 19.5. The second-order valence-corrected chi connectivity index (χ2v) is 7.57. The second-order valence-electron chi connectivity index (χ2n) is 6.56. The van der Waals surface area contributed by atoms with Gasteiger partial charge in [0.25, 0.3) is 5.91 Å². The SMILES string of the molecule is Cc1cccc(C(=O)N(CCCn2ccnc2)c2nc3c(F)cccc3s2)c1. The van der Waals surface area contributed by atoms with E-state index in [0.717, 1.165) is 23.2 Å². The first kappa shape index (κ1) is 18.3. The lowest BCUT2D eigenvalue weighted by molar-refractivity contribution is 0.0986. The molecule has 0 bridgehead atoms. The van der Waals surface area contributed by atoms with E-state index in [1.807, 2.05) is 42.0 Å². The van der Waals surface area contributed by atoms with Crippen molar-refractivity contribution in [2.24, 2.45) is 0 Å². The largest absolute Gasteiger partial charge is 0.337 e. The Morgan fingerprint density at radius 2 is 2.11 bits per heavy atom. The van der Waals surface area contributed by atoms with E-state index >= 15 is 0 Å². The molecule has 0 aliphatic carbocycles. The summed E-state index contributed by atoms with van der Waals surface area (Å²) in [6.45, 7) is 3.16. The van der Waals surface area contributed by atoms with E-state index in [-0.39, 0.29) is 11.7 Å². The van der Waals surface area contributed by atoms with Gasteiger partial charge in [-0.3, -0.25) is 9.69 Å². The Bertz CT molecular complexity index is 1110. The Kier molecular flexibility index (Phi) is 5.16. The third kappa shape index (κ3) is 3.80. The molecule has 0 atom stereocenters. The molecule has 4 aromatic rings. The van der Waals surface area contributed by atoms with Crippen molar-refractivity contribution >= 4 is 32.6 Å². The van der Waals surface area contributed by atoms with Gasteiger partial charge in [-0.15, -0.1) is 0 Å². The van der Waals surface area contributed by atoms with Crippen molar-refractivity contribution in [2.45, 2.75) is 19.9 Å². The summed E-state index contributed by atoms with van der Waals surface area (Å²) in [6.07, 6.45) is 6.10. The minimum absolute atomic E-state index is 0.131. The fourth-order valence-electron chi connectivity index (χ4n) is 3.07. The number of halogens is 1. The monoisotopic (exact) mass is 394 g/mol. The number of thiazole rings is 1. The van der Waals surface area contributed by atoms with Crippen LogP contribution in [0, 0.1) is 12.7 Å². The second kappa shape index (κ2) is 7.90. The number of aryl methyl sites for hydroxylation is 2. The molecule has 28 heavy (non-hydrogen) atoms. The van der Waals surface area contributed by atoms with Crippen LogP contribution in [0.4, 0.5) is 9.52 Å². The normalized spacial score (nSPS) is 11.1. The lowest BCUT2D eigenvalue weighted by atomic mass is 10.1. The molecule has 2 aromatic heterocycles. The lowest BCUT2D eigenvalue weighted by Crippen LogP contribution is -2.32. The summed E-state index contributed by atoms with van der Waals surface area (Å²) < 4.78 is 16.8. The quantitative estimate of drug-likeness (QED) is 0.477. The highest BCUT2D eigenvalue weighted by Gasteiger charge is 2.22. The number of para-hydroxylation sites is 1. The van der Waals surface area contributed by atoms with Gasteiger partial charge in [-0.1, -0.05) is 35.1 Å². The Labute approximate surface area is 166 Å². The van der Waals surface area contributed by atoms with Crippen LogP contribution in [0.15, 0.2) is 61.2 Å². The number of anilines is 1. The maximum Gasteiger partial charge on any atom is 0.260 e. The number of fused-ring (bicyclic) bond motifs is 1. The molecule has 0 aliphatic rings. The fraction of sp³-hybridized carbons (Fsp3) is 0.190. The standard InChI is InChI=1S/C21H19FN4OS/c1-15-5-2-6-16(13-15)20(27)26(11-4-10-25-12-9-23-14-25)21-24-19-17(22)7-3-8-18(19)28-21/h2-3,5-9,12-14H,4,10-11H2,1H3. The summed E-state index contributed by atoms with van der Waals surface area (Å²) in [5.74, 6) is -0.504. The minimum atomic E-state index is -0.374. The topological polar surface area (TPSA) is 51.0 Å². The van der Waals surface area contributed by atoms with Crippen molar-refractivity contribution in [3.8, 4) is 0 Å². The van der Waals surface area contributed by atoms with Gasteiger partial charge < -0.3 is 4.57 Å². The number of carbonyl (C=O) groups is 1. The number of rotatable bonds is 6. The number of nitrogens with zero attached hydrogens (tertiary/aromatic N) is 4. The molecule has 1 amide bonds. The summed E-state index contributed by atoms with van der Waals surface area (Å²) in [5, 5.41) is 0.511.